The number of benzene rings is 1. The molecular weight excluding hydrogens is 276 g/mol. The number of ether oxygens (including phenoxy) is 1. The van der Waals surface area contributed by atoms with Crippen molar-refractivity contribution >= 4 is 11.9 Å². The van der Waals surface area contributed by atoms with Gasteiger partial charge in [0.25, 0.3) is 5.91 Å². The molecule has 116 valence electrons. The molecule has 0 fully saturated rings. The van der Waals surface area contributed by atoms with E-state index in [1.165, 1.54) is 17.0 Å². The maximum atomic E-state index is 12.0. The van der Waals surface area contributed by atoms with Crippen LogP contribution in [0.2, 0.25) is 0 Å². The van der Waals surface area contributed by atoms with Gasteiger partial charge in [0.15, 0.2) is 18.1 Å². The van der Waals surface area contributed by atoms with Gasteiger partial charge in [-0.1, -0.05) is 12.1 Å². The molecule has 0 bridgehead atoms. The first kappa shape index (κ1) is 16.8. The van der Waals surface area contributed by atoms with Crippen LogP contribution < -0.4 is 4.74 Å². The van der Waals surface area contributed by atoms with E-state index in [0.29, 0.717) is 13.1 Å². The van der Waals surface area contributed by atoms with Crippen LogP contribution in [0.15, 0.2) is 24.3 Å². The lowest BCUT2D eigenvalue weighted by Gasteiger charge is -2.22. The predicted molar refractivity (Wildman–Crippen MR) is 76.4 cm³/mol. The summed E-state index contributed by atoms with van der Waals surface area (Å²) >= 11 is 0. The lowest BCUT2D eigenvalue weighted by molar-refractivity contribution is -0.145. The van der Waals surface area contributed by atoms with Crippen LogP contribution in [0.5, 0.6) is 11.5 Å². The molecule has 7 nitrogen and oxygen atoms in total. The zero-order valence-corrected chi connectivity index (χ0v) is 12.2. The van der Waals surface area contributed by atoms with Gasteiger partial charge in [-0.25, -0.2) is 0 Å². The van der Waals surface area contributed by atoms with Crippen molar-refractivity contribution in [3.8, 4) is 11.5 Å². The number of nitrogens with zero attached hydrogens (tertiary/aromatic N) is 2. The number of phenolic OH excluding ortho intramolecular Hbond substituents is 1. The number of rotatable bonds is 8. The number of carboxylic acid groups (broad SMARTS) is 1. The van der Waals surface area contributed by atoms with Crippen molar-refractivity contribution in [3.05, 3.63) is 24.3 Å². The van der Waals surface area contributed by atoms with Gasteiger partial charge in [-0.3, -0.25) is 9.59 Å². The molecule has 0 aliphatic rings. The minimum Gasteiger partial charge on any atom is -0.504 e. The number of para-hydroxylation sites is 2. The van der Waals surface area contributed by atoms with E-state index in [9.17, 15) is 14.7 Å². The highest BCUT2D eigenvalue weighted by molar-refractivity contribution is 5.82. The molecule has 0 spiro atoms. The van der Waals surface area contributed by atoms with E-state index in [1.807, 2.05) is 19.0 Å². The summed E-state index contributed by atoms with van der Waals surface area (Å²) in [6, 6.07) is 6.28. The highest BCUT2D eigenvalue weighted by Crippen LogP contribution is 2.24. The van der Waals surface area contributed by atoms with Gasteiger partial charge >= 0.3 is 5.97 Å². The molecule has 21 heavy (non-hydrogen) atoms. The fourth-order valence-corrected chi connectivity index (χ4v) is 1.59. The Morgan fingerprint density at radius 1 is 1.19 bits per heavy atom. The second-order valence-corrected chi connectivity index (χ2v) is 4.77. The third-order valence-electron chi connectivity index (χ3n) is 2.71. The van der Waals surface area contributed by atoms with Crippen molar-refractivity contribution in [3.63, 3.8) is 0 Å². The van der Waals surface area contributed by atoms with Crippen LogP contribution in [0.4, 0.5) is 0 Å². The SMILES string of the molecule is CN(C)CCN(CC(=O)O)C(=O)COc1ccccc1O. The van der Waals surface area contributed by atoms with Crippen LogP contribution in [-0.4, -0.2) is 72.2 Å². The lowest BCUT2D eigenvalue weighted by Crippen LogP contribution is -2.42. The predicted octanol–water partition coefficient (Wildman–Crippen LogP) is 0.246. The number of carboxylic acids is 1. The van der Waals surface area contributed by atoms with Crippen molar-refractivity contribution in [2.24, 2.45) is 0 Å². The Labute approximate surface area is 123 Å². The first-order chi connectivity index (χ1) is 9.90. The quantitative estimate of drug-likeness (QED) is 0.714. The molecule has 0 saturated carbocycles. The normalized spacial score (nSPS) is 10.4. The van der Waals surface area contributed by atoms with Crippen LogP contribution >= 0.6 is 0 Å². The molecule has 1 amide bonds. The van der Waals surface area contributed by atoms with Crippen LogP contribution in [0, 0.1) is 0 Å². The molecule has 0 heterocycles. The van der Waals surface area contributed by atoms with E-state index in [0.717, 1.165) is 0 Å². The van der Waals surface area contributed by atoms with Gasteiger partial charge in [0.1, 0.15) is 6.54 Å². The molecular formula is C14H20N2O5. The fraction of sp³-hybridized carbons (Fsp3) is 0.429. The van der Waals surface area contributed by atoms with Crippen LogP contribution in [0.3, 0.4) is 0 Å². The summed E-state index contributed by atoms with van der Waals surface area (Å²) in [5.41, 5.74) is 0. The summed E-state index contributed by atoms with van der Waals surface area (Å²) in [5, 5.41) is 18.4. The maximum absolute atomic E-state index is 12.0. The van der Waals surface area contributed by atoms with Gasteiger partial charge in [-0.05, 0) is 26.2 Å². The zero-order chi connectivity index (χ0) is 15.8. The van der Waals surface area contributed by atoms with Crippen molar-refractivity contribution in [2.75, 3.05) is 40.3 Å². The van der Waals surface area contributed by atoms with Crippen molar-refractivity contribution in [1.82, 2.24) is 9.80 Å². The average Bonchev–Trinajstić information content (AvgIpc) is 2.41. The average molecular weight is 296 g/mol. The third-order valence-corrected chi connectivity index (χ3v) is 2.71. The van der Waals surface area contributed by atoms with Crippen LogP contribution in [0.25, 0.3) is 0 Å². The Morgan fingerprint density at radius 2 is 1.86 bits per heavy atom. The van der Waals surface area contributed by atoms with Crippen molar-refractivity contribution < 1.29 is 24.5 Å². The molecule has 1 aromatic carbocycles. The zero-order valence-electron chi connectivity index (χ0n) is 12.2. The molecule has 0 radical (unpaired) electrons. The molecule has 0 aliphatic carbocycles. The minimum absolute atomic E-state index is 0.0663. The Hall–Kier alpha value is -2.28. The Balaban J connectivity index is 2.59. The van der Waals surface area contributed by atoms with Gasteiger partial charge < -0.3 is 24.7 Å². The fourth-order valence-electron chi connectivity index (χ4n) is 1.59. The number of carbonyl (C=O) groups excluding carboxylic acids is 1. The number of amides is 1. The van der Waals surface area contributed by atoms with E-state index in [1.54, 1.807) is 12.1 Å². The second kappa shape index (κ2) is 8.11. The van der Waals surface area contributed by atoms with Gasteiger partial charge in [-0.2, -0.15) is 0 Å². The van der Waals surface area contributed by atoms with Crippen molar-refractivity contribution in [1.29, 1.82) is 0 Å². The summed E-state index contributed by atoms with van der Waals surface area (Å²) in [4.78, 5) is 25.9. The first-order valence-corrected chi connectivity index (χ1v) is 6.45. The molecule has 1 rings (SSSR count). The van der Waals surface area contributed by atoms with E-state index >= 15 is 0 Å². The number of phenols is 1. The Bertz CT molecular complexity index is 490. The summed E-state index contributed by atoms with van der Waals surface area (Å²) in [6.07, 6.45) is 0. The molecule has 1 aromatic rings. The third kappa shape index (κ3) is 6.13. The number of aromatic hydroxyl groups is 1. The molecule has 0 atom stereocenters. The number of hydrogen-bond donors (Lipinski definition) is 2. The van der Waals surface area contributed by atoms with Crippen LogP contribution in [-0.2, 0) is 9.59 Å². The van der Waals surface area contributed by atoms with Gasteiger partial charge in [0, 0.05) is 13.1 Å². The highest BCUT2D eigenvalue weighted by Gasteiger charge is 2.17. The van der Waals surface area contributed by atoms with Gasteiger partial charge in [0.2, 0.25) is 0 Å². The van der Waals surface area contributed by atoms with E-state index in [-0.39, 0.29) is 24.7 Å². The number of likely N-dealkylation sites (N-methyl/N-ethyl adjacent to an activating group) is 1. The summed E-state index contributed by atoms with van der Waals surface area (Å²) in [5.74, 6) is -1.40. The Kier molecular flexibility index (Phi) is 6.48. The van der Waals surface area contributed by atoms with E-state index < -0.39 is 11.9 Å². The topological polar surface area (TPSA) is 90.3 Å². The summed E-state index contributed by atoms with van der Waals surface area (Å²) in [7, 11) is 3.67. The standard InChI is InChI=1S/C14H20N2O5/c1-15(2)7-8-16(9-14(19)20)13(18)10-21-12-6-4-3-5-11(12)17/h3-6,17H,7-10H2,1-2H3,(H,19,20). The largest absolute Gasteiger partial charge is 0.504 e. The molecule has 0 saturated heterocycles. The monoisotopic (exact) mass is 296 g/mol. The Morgan fingerprint density at radius 3 is 2.43 bits per heavy atom. The first-order valence-electron chi connectivity index (χ1n) is 6.45. The number of aliphatic carboxylic acids is 1. The van der Waals surface area contributed by atoms with Gasteiger partial charge in [-0.15, -0.1) is 0 Å². The summed E-state index contributed by atoms with van der Waals surface area (Å²) in [6.45, 7) is 0.146. The lowest BCUT2D eigenvalue weighted by atomic mass is 10.3. The van der Waals surface area contributed by atoms with Crippen molar-refractivity contribution in [2.45, 2.75) is 0 Å². The number of carbonyl (C=O) groups is 2. The van der Waals surface area contributed by atoms with E-state index in [2.05, 4.69) is 0 Å². The molecule has 7 heteroatoms. The smallest absolute Gasteiger partial charge is 0.323 e. The van der Waals surface area contributed by atoms with Gasteiger partial charge in [0.05, 0.1) is 0 Å². The highest BCUT2D eigenvalue weighted by atomic mass is 16.5. The molecule has 2 N–H and O–H groups in total. The number of hydrogen-bond acceptors (Lipinski definition) is 5. The molecule has 0 unspecified atom stereocenters. The second-order valence-electron chi connectivity index (χ2n) is 4.77. The van der Waals surface area contributed by atoms with Crippen LogP contribution in [0.1, 0.15) is 0 Å². The minimum atomic E-state index is -1.08. The van der Waals surface area contributed by atoms with E-state index in [4.69, 9.17) is 9.84 Å². The molecule has 0 aromatic heterocycles. The molecule has 0 aliphatic heterocycles. The summed E-state index contributed by atoms with van der Waals surface area (Å²) < 4.78 is 5.22. The maximum Gasteiger partial charge on any atom is 0.323 e.